The molecule has 0 saturated carbocycles. The third-order valence-electron chi connectivity index (χ3n) is 2.68. The van der Waals surface area contributed by atoms with Crippen LogP contribution in [0.1, 0.15) is 32.8 Å². The molecule has 0 spiro atoms. The van der Waals surface area contributed by atoms with E-state index in [1.807, 2.05) is 32.9 Å². The van der Waals surface area contributed by atoms with Crippen molar-refractivity contribution in [3.05, 3.63) is 28.2 Å². The molecule has 6 nitrogen and oxygen atoms in total. The number of hydrazone groups is 1. The summed E-state index contributed by atoms with van der Waals surface area (Å²) < 4.78 is 6.20. The van der Waals surface area contributed by atoms with Gasteiger partial charge < -0.3 is 10.1 Å². The zero-order chi connectivity index (χ0) is 17.4. The average Bonchev–Trinajstić information content (AvgIpc) is 2.43. The highest BCUT2D eigenvalue weighted by Gasteiger charge is 2.07. The van der Waals surface area contributed by atoms with Gasteiger partial charge in [0.15, 0.2) is 6.61 Å². The average molecular weight is 384 g/mol. The summed E-state index contributed by atoms with van der Waals surface area (Å²) in [6.07, 6.45) is 0.142. The highest BCUT2D eigenvalue weighted by Crippen LogP contribution is 2.25. The van der Waals surface area contributed by atoms with Crippen LogP contribution in [0.3, 0.4) is 0 Å². The molecule has 23 heavy (non-hydrogen) atoms. The number of hydrogen-bond acceptors (Lipinski definition) is 4. The second-order valence-electron chi connectivity index (χ2n) is 5.50. The Hall–Kier alpha value is -1.89. The smallest absolute Gasteiger partial charge is 0.277 e. The third-order valence-corrected chi connectivity index (χ3v) is 3.30. The van der Waals surface area contributed by atoms with Gasteiger partial charge in [-0.05, 0) is 61.3 Å². The number of nitrogens with zero attached hydrogens (tertiary/aromatic N) is 1. The number of halogens is 1. The van der Waals surface area contributed by atoms with Crippen molar-refractivity contribution in [3.8, 4) is 5.75 Å². The van der Waals surface area contributed by atoms with Crippen molar-refractivity contribution >= 4 is 33.5 Å². The Labute approximate surface area is 144 Å². The summed E-state index contributed by atoms with van der Waals surface area (Å²) in [6, 6.07) is 5.67. The summed E-state index contributed by atoms with van der Waals surface area (Å²) in [7, 11) is 0. The molecular weight excluding hydrogens is 362 g/mol. The molecule has 1 rings (SSSR count). The van der Waals surface area contributed by atoms with Crippen molar-refractivity contribution in [2.24, 2.45) is 5.10 Å². The number of ether oxygens (including phenoxy) is 1. The fourth-order valence-corrected chi connectivity index (χ4v) is 2.31. The molecule has 0 bridgehead atoms. The third kappa shape index (κ3) is 7.78. The summed E-state index contributed by atoms with van der Waals surface area (Å²) in [5, 5.41) is 6.64. The van der Waals surface area contributed by atoms with Crippen LogP contribution in [0.25, 0.3) is 0 Å². The fraction of sp³-hybridized carbons (Fsp3) is 0.438. The molecular formula is C16H22BrN3O3. The van der Waals surface area contributed by atoms with Crippen LogP contribution in [0.15, 0.2) is 27.8 Å². The number of carbonyl (C=O) groups excluding carboxylic acids is 2. The van der Waals surface area contributed by atoms with Gasteiger partial charge in [0.05, 0.1) is 10.9 Å². The fourth-order valence-electron chi connectivity index (χ4n) is 1.70. The Morgan fingerprint density at radius 3 is 2.61 bits per heavy atom. The zero-order valence-corrected chi connectivity index (χ0v) is 15.4. The van der Waals surface area contributed by atoms with Crippen molar-refractivity contribution in [2.45, 2.75) is 40.2 Å². The van der Waals surface area contributed by atoms with Gasteiger partial charge in [-0.15, -0.1) is 0 Å². The quantitative estimate of drug-likeness (QED) is 0.560. The van der Waals surface area contributed by atoms with Crippen molar-refractivity contribution in [3.63, 3.8) is 0 Å². The molecule has 0 unspecified atom stereocenters. The van der Waals surface area contributed by atoms with Gasteiger partial charge in [-0.25, -0.2) is 5.43 Å². The largest absolute Gasteiger partial charge is 0.483 e. The number of rotatable bonds is 7. The molecule has 0 heterocycles. The molecule has 0 fully saturated rings. The van der Waals surface area contributed by atoms with E-state index in [1.54, 1.807) is 13.0 Å². The molecule has 2 amide bonds. The monoisotopic (exact) mass is 383 g/mol. The maximum absolute atomic E-state index is 11.7. The first kappa shape index (κ1) is 19.2. The molecule has 0 saturated heterocycles. The first-order chi connectivity index (χ1) is 10.8. The van der Waals surface area contributed by atoms with E-state index in [0.717, 1.165) is 10.0 Å². The van der Waals surface area contributed by atoms with Crippen LogP contribution in [0.5, 0.6) is 5.75 Å². The molecule has 126 valence electrons. The lowest BCUT2D eigenvalue weighted by Crippen LogP contribution is -2.32. The standard InChI is InChI=1S/C16H22BrN3O3/c1-10(2)18-15(21)8-12(4)19-20-16(22)9-23-14-6-5-11(3)7-13(14)17/h5-7,10H,8-9H2,1-4H3,(H,18,21)(H,20,22)/b19-12-. The highest BCUT2D eigenvalue weighted by molar-refractivity contribution is 9.10. The molecule has 2 N–H and O–H groups in total. The van der Waals surface area contributed by atoms with Gasteiger partial charge in [-0.3, -0.25) is 9.59 Å². The van der Waals surface area contributed by atoms with Gasteiger partial charge in [0.25, 0.3) is 5.91 Å². The highest BCUT2D eigenvalue weighted by atomic mass is 79.9. The summed E-state index contributed by atoms with van der Waals surface area (Å²) in [5.41, 5.74) is 3.98. The summed E-state index contributed by atoms with van der Waals surface area (Å²) in [4.78, 5) is 23.3. The molecule has 0 aromatic heterocycles. The number of aryl methyl sites for hydroxylation is 1. The van der Waals surface area contributed by atoms with Crippen LogP contribution in [0.2, 0.25) is 0 Å². The first-order valence-electron chi connectivity index (χ1n) is 7.28. The lowest BCUT2D eigenvalue weighted by molar-refractivity contribution is -0.123. The number of hydrogen-bond donors (Lipinski definition) is 2. The van der Waals surface area contributed by atoms with Crippen LogP contribution < -0.4 is 15.5 Å². The zero-order valence-electron chi connectivity index (χ0n) is 13.8. The Morgan fingerprint density at radius 1 is 1.30 bits per heavy atom. The summed E-state index contributed by atoms with van der Waals surface area (Å²) >= 11 is 3.38. The van der Waals surface area contributed by atoms with E-state index < -0.39 is 0 Å². The molecule has 0 radical (unpaired) electrons. The van der Waals surface area contributed by atoms with E-state index in [-0.39, 0.29) is 30.9 Å². The molecule has 1 aromatic carbocycles. The van der Waals surface area contributed by atoms with Gasteiger partial charge >= 0.3 is 0 Å². The molecule has 0 aliphatic carbocycles. The minimum Gasteiger partial charge on any atom is -0.483 e. The summed E-state index contributed by atoms with van der Waals surface area (Å²) in [6.45, 7) is 7.25. The van der Waals surface area contributed by atoms with E-state index in [2.05, 4.69) is 31.8 Å². The lowest BCUT2D eigenvalue weighted by Gasteiger charge is -2.09. The normalized spacial score (nSPS) is 11.3. The van der Waals surface area contributed by atoms with E-state index >= 15 is 0 Å². The molecule has 7 heteroatoms. The van der Waals surface area contributed by atoms with Gasteiger partial charge in [0.2, 0.25) is 5.91 Å². The van der Waals surface area contributed by atoms with Crippen LogP contribution in [-0.2, 0) is 9.59 Å². The molecule has 0 aliphatic rings. The van der Waals surface area contributed by atoms with Gasteiger partial charge in [-0.1, -0.05) is 6.07 Å². The minimum absolute atomic E-state index is 0.0752. The van der Waals surface area contributed by atoms with Crippen LogP contribution in [0.4, 0.5) is 0 Å². The van der Waals surface area contributed by atoms with Crippen molar-refractivity contribution in [1.29, 1.82) is 0 Å². The SMILES string of the molecule is C/C(CC(=O)NC(C)C)=N/NC(=O)COc1ccc(C)cc1Br. The van der Waals surface area contributed by atoms with Crippen molar-refractivity contribution in [2.75, 3.05) is 6.61 Å². The van der Waals surface area contributed by atoms with Gasteiger partial charge in [-0.2, -0.15) is 5.10 Å². The Bertz CT molecular complexity index is 600. The topological polar surface area (TPSA) is 79.8 Å². The number of benzene rings is 1. The van der Waals surface area contributed by atoms with Crippen LogP contribution in [-0.4, -0.2) is 30.2 Å². The summed E-state index contributed by atoms with van der Waals surface area (Å²) in [5.74, 6) is 0.0687. The number of nitrogens with one attached hydrogen (secondary N) is 2. The lowest BCUT2D eigenvalue weighted by atomic mass is 10.2. The maximum atomic E-state index is 11.7. The number of carbonyl (C=O) groups is 2. The van der Waals surface area contributed by atoms with E-state index in [0.29, 0.717) is 11.5 Å². The maximum Gasteiger partial charge on any atom is 0.277 e. The molecule has 0 aliphatic heterocycles. The Kier molecular flexibility index (Phi) is 7.74. The predicted octanol–water partition coefficient (Wildman–Crippen LogP) is 2.54. The van der Waals surface area contributed by atoms with E-state index in [1.165, 1.54) is 0 Å². The molecule has 1 aromatic rings. The Morgan fingerprint density at radius 2 is 2.00 bits per heavy atom. The van der Waals surface area contributed by atoms with Crippen LogP contribution >= 0.6 is 15.9 Å². The van der Waals surface area contributed by atoms with E-state index in [4.69, 9.17) is 4.74 Å². The minimum atomic E-state index is -0.388. The van der Waals surface area contributed by atoms with Crippen molar-refractivity contribution in [1.82, 2.24) is 10.7 Å². The second-order valence-corrected chi connectivity index (χ2v) is 6.36. The van der Waals surface area contributed by atoms with Crippen molar-refractivity contribution < 1.29 is 14.3 Å². The van der Waals surface area contributed by atoms with E-state index in [9.17, 15) is 9.59 Å². The first-order valence-corrected chi connectivity index (χ1v) is 8.07. The Balaban J connectivity index is 2.41. The molecule has 0 atom stereocenters. The van der Waals surface area contributed by atoms with Gasteiger partial charge in [0.1, 0.15) is 5.75 Å². The van der Waals surface area contributed by atoms with Crippen LogP contribution in [0, 0.1) is 6.92 Å². The predicted molar refractivity (Wildman–Crippen MR) is 93.5 cm³/mol. The van der Waals surface area contributed by atoms with Gasteiger partial charge in [0, 0.05) is 11.8 Å². The number of amides is 2. The second kappa shape index (κ2) is 9.29.